The number of hydrogen-bond acceptors (Lipinski definition) is 3. The smallest absolute Gasteiger partial charge is 0.249 e. The molecule has 1 aromatic carbocycles. The van der Waals surface area contributed by atoms with Crippen molar-refractivity contribution in [2.24, 2.45) is 0 Å². The number of carbonyl (C=O) groups is 2. The lowest BCUT2D eigenvalue weighted by atomic mass is 10.1. The summed E-state index contributed by atoms with van der Waals surface area (Å²) in [6.07, 6.45) is 2.58. The van der Waals surface area contributed by atoms with Crippen LogP contribution in [0.3, 0.4) is 0 Å². The number of carbonyl (C=O) groups excluding carboxylic acids is 2. The number of thiophene rings is 1. The van der Waals surface area contributed by atoms with E-state index in [1.807, 2.05) is 30.5 Å². The molecule has 2 heterocycles. The number of benzene rings is 1. The van der Waals surface area contributed by atoms with Crippen LogP contribution in [0.15, 0.2) is 47.4 Å². The van der Waals surface area contributed by atoms with Gasteiger partial charge in [-0.2, -0.15) is 0 Å². The van der Waals surface area contributed by atoms with Crippen LogP contribution in [0.4, 0.5) is 4.39 Å². The van der Waals surface area contributed by atoms with Crippen molar-refractivity contribution >= 4 is 29.2 Å². The molecule has 27 heavy (non-hydrogen) atoms. The Balaban J connectivity index is 1.49. The van der Waals surface area contributed by atoms with Crippen LogP contribution in [0.1, 0.15) is 23.8 Å². The average molecular weight is 386 g/mol. The number of aryl methyl sites for hydroxylation is 1. The Morgan fingerprint density at radius 2 is 1.78 bits per heavy atom. The highest BCUT2D eigenvalue weighted by molar-refractivity contribution is 7.10. The summed E-state index contributed by atoms with van der Waals surface area (Å²) < 4.78 is 13.7. The Hall–Kier alpha value is -2.47. The second kappa shape index (κ2) is 8.95. The highest BCUT2D eigenvalue weighted by Gasteiger charge is 2.24. The minimum atomic E-state index is -0.270. The molecule has 2 amide bonds. The third-order valence-corrected chi connectivity index (χ3v) is 5.54. The van der Waals surface area contributed by atoms with Gasteiger partial charge in [-0.1, -0.05) is 24.3 Å². The van der Waals surface area contributed by atoms with Gasteiger partial charge < -0.3 is 9.80 Å². The van der Waals surface area contributed by atoms with Gasteiger partial charge in [-0.3, -0.25) is 9.59 Å². The summed E-state index contributed by atoms with van der Waals surface area (Å²) in [6, 6.07) is 10.5. The molecule has 1 aromatic heterocycles. The zero-order valence-electron chi connectivity index (χ0n) is 15.4. The third kappa shape index (κ3) is 5.04. The van der Waals surface area contributed by atoms with Gasteiger partial charge in [0.1, 0.15) is 5.82 Å². The molecular formula is C21H23FN2O2S. The van der Waals surface area contributed by atoms with E-state index in [-0.39, 0.29) is 24.1 Å². The van der Waals surface area contributed by atoms with Crippen LogP contribution in [0.5, 0.6) is 0 Å². The topological polar surface area (TPSA) is 40.6 Å². The minimum Gasteiger partial charge on any atom is -0.339 e. The van der Waals surface area contributed by atoms with E-state index in [0.29, 0.717) is 43.7 Å². The van der Waals surface area contributed by atoms with Gasteiger partial charge in [-0.15, -0.1) is 11.3 Å². The van der Waals surface area contributed by atoms with Gasteiger partial charge >= 0.3 is 0 Å². The molecule has 1 aliphatic rings. The van der Waals surface area contributed by atoms with Gasteiger partial charge in [-0.25, -0.2) is 4.39 Å². The molecule has 6 heteroatoms. The third-order valence-electron chi connectivity index (χ3n) is 4.72. The van der Waals surface area contributed by atoms with Crippen molar-refractivity contribution in [3.05, 3.63) is 63.6 Å². The normalized spacial score (nSPS) is 15.1. The predicted octanol–water partition coefficient (Wildman–Crippen LogP) is 3.59. The molecule has 1 aliphatic heterocycles. The summed E-state index contributed by atoms with van der Waals surface area (Å²) in [7, 11) is 0. The largest absolute Gasteiger partial charge is 0.339 e. The fourth-order valence-electron chi connectivity index (χ4n) is 3.16. The number of piperazine rings is 1. The fourth-order valence-corrected chi connectivity index (χ4v) is 3.87. The van der Waals surface area contributed by atoms with Gasteiger partial charge in [-0.05, 0) is 42.5 Å². The molecule has 1 fully saturated rings. The van der Waals surface area contributed by atoms with E-state index in [1.54, 1.807) is 39.3 Å². The highest BCUT2D eigenvalue weighted by atomic mass is 32.1. The van der Waals surface area contributed by atoms with E-state index in [0.717, 1.165) is 4.88 Å². The van der Waals surface area contributed by atoms with E-state index in [1.165, 1.54) is 6.07 Å². The maximum absolute atomic E-state index is 13.7. The van der Waals surface area contributed by atoms with Crippen LogP contribution in [-0.4, -0.2) is 47.8 Å². The molecule has 0 bridgehead atoms. The number of hydrogen-bond donors (Lipinski definition) is 0. The summed E-state index contributed by atoms with van der Waals surface area (Å²) in [5.74, 6) is -0.244. The second-order valence-electron chi connectivity index (χ2n) is 6.61. The molecule has 4 nitrogen and oxygen atoms in total. The molecule has 0 N–H and O–H groups in total. The Labute approximate surface area is 162 Å². The minimum absolute atomic E-state index is 0.0104. The monoisotopic (exact) mass is 386 g/mol. The lowest BCUT2D eigenvalue weighted by molar-refractivity contribution is -0.137. The van der Waals surface area contributed by atoms with Crippen LogP contribution in [0, 0.1) is 5.82 Å². The first-order chi connectivity index (χ1) is 13.0. The van der Waals surface area contributed by atoms with Gasteiger partial charge in [0.25, 0.3) is 0 Å². The van der Waals surface area contributed by atoms with Crippen LogP contribution < -0.4 is 0 Å². The maximum Gasteiger partial charge on any atom is 0.249 e. The van der Waals surface area contributed by atoms with E-state index in [2.05, 4.69) is 0 Å². The van der Waals surface area contributed by atoms with Gasteiger partial charge in [0, 0.05) is 43.1 Å². The van der Waals surface area contributed by atoms with Crippen molar-refractivity contribution in [2.45, 2.75) is 19.8 Å². The Morgan fingerprint density at radius 3 is 2.44 bits per heavy atom. The first-order valence-corrected chi connectivity index (χ1v) is 9.95. The average Bonchev–Trinajstić information content (AvgIpc) is 3.19. The summed E-state index contributed by atoms with van der Waals surface area (Å²) in [6.45, 7) is 3.93. The van der Waals surface area contributed by atoms with Crippen molar-refractivity contribution in [1.82, 2.24) is 9.80 Å². The molecule has 1 saturated heterocycles. The molecule has 0 spiro atoms. The standard InChI is InChI=1S/C21H23FN2O2S/c1-16(15-18-6-4-14-27-18)21(26)24-12-10-23(11-13-24)20(25)9-8-17-5-2-3-7-19(17)22/h2-7,14-15H,8-13H2,1H3/b16-15+. The van der Waals surface area contributed by atoms with E-state index in [9.17, 15) is 14.0 Å². The van der Waals surface area contributed by atoms with Crippen LogP contribution in [0.2, 0.25) is 0 Å². The second-order valence-corrected chi connectivity index (χ2v) is 7.59. The Kier molecular flexibility index (Phi) is 6.40. The Bertz CT molecular complexity index is 824. The van der Waals surface area contributed by atoms with E-state index in [4.69, 9.17) is 0 Å². The SMILES string of the molecule is C/C(=C\c1cccs1)C(=O)N1CCN(C(=O)CCc2ccccc2F)CC1. The zero-order chi connectivity index (χ0) is 19.2. The first-order valence-electron chi connectivity index (χ1n) is 9.07. The van der Waals surface area contributed by atoms with E-state index >= 15 is 0 Å². The first kappa shape index (κ1) is 19.3. The fraction of sp³-hybridized carbons (Fsp3) is 0.333. The summed E-state index contributed by atoms with van der Waals surface area (Å²) in [5, 5.41) is 1.98. The summed E-state index contributed by atoms with van der Waals surface area (Å²) in [4.78, 5) is 29.6. The molecule has 3 rings (SSSR count). The van der Waals surface area contributed by atoms with Crippen LogP contribution in [0.25, 0.3) is 6.08 Å². The Morgan fingerprint density at radius 1 is 1.07 bits per heavy atom. The molecule has 2 aromatic rings. The van der Waals surface area contributed by atoms with Crippen molar-refractivity contribution < 1.29 is 14.0 Å². The number of halogens is 1. The number of nitrogens with zero attached hydrogens (tertiary/aromatic N) is 2. The molecule has 0 saturated carbocycles. The van der Waals surface area contributed by atoms with Gasteiger partial charge in [0.05, 0.1) is 0 Å². The molecule has 142 valence electrons. The van der Waals surface area contributed by atoms with Gasteiger partial charge in [0.2, 0.25) is 11.8 Å². The van der Waals surface area contributed by atoms with Crippen LogP contribution >= 0.6 is 11.3 Å². The van der Waals surface area contributed by atoms with Crippen molar-refractivity contribution in [1.29, 1.82) is 0 Å². The zero-order valence-corrected chi connectivity index (χ0v) is 16.2. The molecule has 0 atom stereocenters. The highest BCUT2D eigenvalue weighted by Crippen LogP contribution is 2.16. The van der Waals surface area contributed by atoms with Crippen molar-refractivity contribution in [3.63, 3.8) is 0 Å². The quantitative estimate of drug-likeness (QED) is 0.737. The number of amides is 2. The summed E-state index contributed by atoms with van der Waals surface area (Å²) in [5.41, 5.74) is 1.27. The molecule has 0 aliphatic carbocycles. The lowest BCUT2D eigenvalue weighted by Gasteiger charge is -2.35. The molecular weight excluding hydrogens is 363 g/mol. The summed E-state index contributed by atoms with van der Waals surface area (Å²) >= 11 is 1.60. The molecule has 0 radical (unpaired) electrons. The molecule has 0 unspecified atom stereocenters. The van der Waals surface area contributed by atoms with Crippen LogP contribution in [-0.2, 0) is 16.0 Å². The number of rotatable bonds is 5. The van der Waals surface area contributed by atoms with Gasteiger partial charge in [0.15, 0.2) is 0 Å². The lowest BCUT2D eigenvalue weighted by Crippen LogP contribution is -2.50. The van der Waals surface area contributed by atoms with E-state index < -0.39 is 0 Å². The van der Waals surface area contributed by atoms with Crippen molar-refractivity contribution in [2.75, 3.05) is 26.2 Å². The predicted molar refractivity (Wildman–Crippen MR) is 106 cm³/mol. The maximum atomic E-state index is 13.7. The van der Waals surface area contributed by atoms with Crippen molar-refractivity contribution in [3.8, 4) is 0 Å².